The first kappa shape index (κ1) is 18.7. The van der Waals surface area contributed by atoms with Gasteiger partial charge >= 0.3 is 5.97 Å². The number of esters is 1. The molecule has 0 saturated carbocycles. The number of rotatable bonds is 7. The van der Waals surface area contributed by atoms with Crippen LogP contribution < -0.4 is 5.32 Å². The first-order chi connectivity index (χ1) is 11.4. The monoisotopic (exact) mass is 336 g/mol. The van der Waals surface area contributed by atoms with Gasteiger partial charge in [0.1, 0.15) is 6.04 Å². The summed E-state index contributed by atoms with van der Waals surface area (Å²) in [6.45, 7) is 8.87. The van der Waals surface area contributed by atoms with Gasteiger partial charge in [0.15, 0.2) is 6.61 Å². The Labute approximate surface area is 143 Å². The molecule has 24 heavy (non-hydrogen) atoms. The van der Waals surface area contributed by atoms with E-state index in [1.54, 1.807) is 6.07 Å². The zero-order chi connectivity index (χ0) is 17.7. The van der Waals surface area contributed by atoms with Crippen LogP contribution in [0, 0.1) is 19.8 Å². The number of ketones is 1. The van der Waals surface area contributed by atoms with E-state index in [1.165, 1.54) is 0 Å². The molecule has 6 nitrogen and oxygen atoms in total. The highest BCUT2D eigenvalue weighted by Gasteiger charge is 2.28. The molecule has 134 valence electrons. The van der Waals surface area contributed by atoms with Crippen LogP contribution in [-0.2, 0) is 14.3 Å². The number of carbonyl (C=O) groups excluding carboxylic acids is 2. The molecule has 1 aromatic heterocycles. The molecule has 1 aromatic rings. The van der Waals surface area contributed by atoms with E-state index in [-0.39, 0.29) is 30.3 Å². The molecule has 1 unspecified atom stereocenters. The lowest BCUT2D eigenvalue weighted by atomic mass is 10.0. The van der Waals surface area contributed by atoms with Crippen LogP contribution in [0.2, 0.25) is 0 Å². The third kappa shape index (κ3) is 4.92. The van der Waals surface area contributed by atoms with Crippen molar-refractivity contribution in [2.75, 3.05) is 19.8 Å². The summed E-state index contributed by atoms with van der Waals surface area (Å²) in [6.07, 6.45) is 1.77. The molecule has 6 heteroatoms. The average molecular weight is 336 g/mol. The lowest BCUT2D eigenvalue weighted by Gasteiger charge is -2.29. The second-order valence-corrected chi connectivity index (χ2v) is 6.80. The number of carbonyl (C=O) groups is 2. The lowest BCUT2D eigenvalue weighted by molar-refractivity contribution is -0.146. The molecule has 2 rings (SSSR count). The molecule has 0 amide bonds. The van der Waals surface area contributed by atoms with E-state index >= 15 is 0 Å². The Hall–Kier alpha value is -1.66. The third-order valence-corrected chi connectivity index (χ3v) is 4.35. The maximum atomic E-state index is 12.4. The van der Waals surface area contributed by atoms with E-state index in [2.05, 4.69) is 10.3 Å². The van der Waals surface area contributed by atoms with Crippen molar-refractivity contribution in [3.05, 3.63) is 23.0 Å². The van der Waals surface area contributed by atoms with Crippen LogP contribution in [0.25, 0.3) is 0 Å². The Morgan fingerprint density at radius 1 is 1.33 bits per heavy atom. The van der Waals surface area contributed by atoms with Crippen molar-refractivity contribution < 1.29 is 19.1 Å². The van der Waals surface area contributed by atoms with Crippen LogP contribution in [-0.4, -0.2) is 48.6 Å². The number of ether oxygens (including phenoxy) is 2. The maximum Gasteiger partial charge on any atom is 0.323 e. The van der Waals surface area contributed by atoms with Gasteiger partial charge in [-0.3, -0.25) is 9.59 Å². The van der Waals surface area contributed by atoms with Crippen LogP contribution in [0.4, 0.5) is 0 Å². The van der Waals surface area contributed by atoms with Gasteiger partial charge in [0.25, 0.3) is 0 Å². The molecule has 2 N–H and O–H groups in total. The molecule has 0 bridgehead atoms. The summed E-state index contributed by atoms with van der Waals surface area (Å²) in [6, 6.07) is 1.63. The van der Waals surface area contributed by atoms with Crippen molar-refractivity contribution in [3.63, 3.8) is 0 Å². The molecule has 0 spiro atoms. The number of nitrogens with one attached hydrogen (secondary N) is 2. The van der Waals surface area contributed by atoms with Gasteiger partial charge in [0, 0.05) is 36.2 Å². The van der Waals surface area contributed by atoms with Gasteiger partial charge in [-0.2, -0.15) is 0 Å². The number of Topliss-reactive ketones (excluding diaryl/α,β-unsaturated/α-hetero) is 1. The molecular formula is C18H28N2O4. The minimum atomic E-state index is -0.407. The molecule has 0 aromatic carbocycles. The first-order valence-electron chi connectivity index (χ1n) is 8.58. The summed E-state index contributed by atoms with van der Waals surface area (Å²) >= 11 is 0. The summed E-state index contributed by atoms with van der Waals surface area (Å²) in [5, 5.41) is 3.36. The topological polar surface area (TPSA) is 80.4 Å². The molecule has 0 radical (unpaired) electrons. The second-order valence-electron chi connectivity index (χ2n) is 6.80. The highest BCUT2D eigenvalue weighted by Crippen LogP contribution is 2.13. The van der Waals surface area contributed by atoms with Crippen LogP contribution in [0.15, 0.2) is 6.07 Å². The molecule has 1 saturated heterocycles. The fraction of sp³-hybridized carbons (Fsp3) is 0.667. The van der Waals surface area contributed by atoms with Crippen LogP contribution in [0.3, 0.4) is 0 Å². The van der Waals surface area contributed by atoms with E-state index in [9.17, 15) is 9.59 Å². The molecule has 1 aliphatic rings. The standard InChI is InChI=1S/C18H28N2O4/c1-11(2)17(20-14-5-7-23-8-6-14)18(22)24-10-16(21)15-9-12(3)19-13(15)4/h9,11,14,17,19-20H,5-8,10H2,1-4H3. The van der Waals surface area contributed by atoms with Gasteiger partial charge in [0.2, 0.25) is 5.78 Å². The Morgan fingerprint density at radius 2 is 2.00 bits per heavy atom. The van der Waals surface area contributed by atoms with Crippen molar-refractivity contribution in [1.29, 1.82) is 0 Å². The number of aryl methyl sites for hydroxylation is 2. The zero-order valence-corrected chi connectivity index (χ0v) is 15.0. The predicted octanol–water partition coefficient (Wildman–Crippen LogP) is 2.15. The van der Waals surface area contributed by atoms with Gasteiger partial charge in [-0.25, -0.2) is 0 Å². The highest BCUT2D eigenvalue weighted by molar-refractivity contribution is 5.99. The molecule has 2 heterocycles. The number of hydrogen-bond donors (Lipinski definition) is 2. The Balaban J connectivity index is 1.90. The van der Waals surface area contributed by atoms with Crippen molar-refractivity contribution >= 4 is 11.8 Å². The normalized spacial score (nSPS) is 17.0. The molecule has 1 atom stereocenters. The van der Waals surface area contributed by atoms with E-state index in [0.717, 1.165) is 24.2 Å². The van der Waals surface area contributed by atoms with Crippen LogP contribution in [0.1, 0.15) is 48.4 Å². The van der Waals surface area contributed by atoms with Crippen molar-refractivity contribution in [2.45, 2.75) is 52.6 Å². The minimum Gasteiger partial charge on any atom is -0.456 e. The Morgan fingerprint density at radius 3 is 2.54 bits per heavy atom. The number of aromatic nitrogens is 1. The molecule has 1 aliphatic heterocycles. The largest absolute Gasteiger partial charge is 0.456 e. The maximum absolute atomic E-state index is 12.4. The third-order valence-electron chi connectivity index (χ3n) is 4.35. The van der Waals surface area contributed by atoms with E-state index in [1.807, 2.05) is 27.7 Å². The van der Waals surface area contributed by atoms with Gasteiger partial charge in [-0.1, -0.05) is 13.8 Å². The first-order valence-corrected chi connectivity index (χ1v) is 8.58. The van der Waals surface area contributed by atoms with Gasteiger partial charge < -0.3 is 19.8 Å². The minimum absolute atomic E-state index is 0.0895. The van der Waals surface area contributed by atoms with E-state index < -0.39 is 6.04 Å². The zero-order valence-electron chi connectivity index (χ0n) is 15.0. The predicted molar refractivity (Wildman–Crippen MR) is 91.2 cm³/mol. The molecule has 0 aliphatic carbocycles. The summed E-state index contributed by atoms with van der Waals surface area (Å²) in [4.78, 5) is 27.7. The smallest absolute Gasteiger partial charge is 0.323 e. The summed E-state index contributed by atoms with van der Waals surface area (Å²) in [7, 11) is 0. The Bertz CT molecular complexity index is 574. The average Bonchev–Trinajstić information content (AvgIpc) is 2.89. The highest BCUT2D eigenvalue weighted by atomic mass is 16.5. The fourth-order valence-electron chi connectivity index (χ4n) is 2.97. The second kappa shape index (κ2) is 8.44. The van der Waals surface area contributed by atoms with Gasteiger partial charge in [-0.15, -0.1) is 0 Å². The van der Waals surface area contributed by atoms with Gasteiger partial charge in [-0.05, 0) is 38.7 Å². The van der Waals surface area contributed by atoms with Gasteiger partial charge in [0.05, 0.1) is 0 Å². The van der Waals surface area contributed by atoms with E-state index in [0.29, 0.717) is 18.8 Å². The number of aromatic amines is 1. The fourth-order valence-corrected chi connectivity index (χ4v) is 2.97. The van der Waals surface area contributed by atoms with Crippen molar-refractivity contribution in [1.82, 2.24) is 10.3 Å². The summed E-state index contributed by atoms with van der Waals surface area (Å²) in [5.41, 5.74) is 2.30. The molecular weight excluding hydrogens is 308 g/mol. The van der Waals surface area contributed by atoms with Crippen molar-refractivity contribution in [3.8, 4) is 0 Å². The number of hydrogen-bond acceptors (Lipinski definition) is 5. The lowest BCUT2D eigenvalue weighted by Crippen LogP contribution is -2.49. The van der Waals surface area contributed by atoms with Crippen LogP contribution >= 0.6 is 0 Å². The quantitative estimate of drug-likeness (QED) is 0.589. The number of H-pyrrole nitrogens is 1. The SMILES string of the molecule is Cc1cc(C(=O)COC(=O)C(NC2CCOCC2)C(C)C)c(C)[nH]1. The van der Waals surface area contributed by atoms with Crippen LogP contribution in [0.5, 0.6) is 0 Å². The summed E-state index contributed by atoms with van der Waals surface area (Å²) in [5.74, 6) is -0.458. The Kier molecular flexibility index (Phi) is 6.57. The summed E-state index contributed by atoms with van der Waals surface area (Å²) < 4.78 is 10.6. The van der Waals surface area contributed by atoms with E-state index in [4.69, 9.17) is 9.47 Å². The van der Waals surface area contributed by atoms with Crippen molar-refractivity contribution in [2.24, 2.45) is 5.92 Å². The molecule has 1 fully saturated rings.